The fourth-order valence-electron chi connectivity index (χ4n) is 2.09. The third kappa shape index (κ3) is 3.38. The van der Waals surface area contributed by atoms with Crippen molar-refractivity contribution in [2.45, 2.75) is 12.0 Å². The van der Waals surface area contributed by atoms with Crippen LogP contribution in [0.3, 0.4) is 0 Å². The van der Waals surface area contributed by atoms with Gasteiger partial charge in [0.2, 0.25) is 0 Å². The van der Waals surface area contributed by atoms with Crippen LogP contribution in [0.2, 0.25) is 5.02 Å². The van der Waals surface area contributed by atoms with Gasteiger partial charge in [-0.05, 0) is 35.4 Å². The summed E-state index contributed by atoms with van der Waals surface area (Å²) in [4.78, 5) is 0. The second-order valence-electron chi connectivity index (χ2n) is 4.51. The van der Waals surface area contributed by atoms with Gasteiger partial charge in [-0.15, -0.1) is 0 Å². The van der Waals surface area contributed by atoms with Crippen LogP contribution in [0.4, 0.5) is 4.39 Å². The highest BCUT2D eigenvalue weighted by Gasteiger charge is 2.22. The molecule has 3 N–H and O–H groups in total. The first kappa shape index (κ1) is 15.4. The number of benzene rings is 2. The van der Waals surface area contributed by atoms with E-state index in [0.717, 1.165) is 10.0 Å². The van der Waals surface area contributed by atoms with Gasteiger partial charge in [0.1, 0.15) is 5.82 Å². The zero-order chi connectivity index (χ0) is 14.7. The van der Waals surface area contributed by atoms with Crippen molar-refractivity contribution in [1.82, 2.24) is 0 Å². The van der Waals surface area contributed by atoms with E-state index in [4.69, 9.17) is 17.3 Å². The SMILES string of the molecule is NCC(c1ccc(Br)cc1)C(O)c1ccc(Cl)c(F)c1. The predicted octanol–water partition coefficient (Wildman–Crippen LogP) is 4.02. The number of rotatable bonds is 4. The van der Waals surface area contributed by atoms with E-state index in [9.17, 15) is 9.50 Å². The van der Waals surface area contributed by atoms with Gasteiger partial charge in [-0.1, -0.05) is 45.7 Å². The molecule has 2 aromatic rings. The lowest BCUT2D eigenvalue weighted by molar-refractivity contribution is 0.147. The zero-order valence-electron chi connectivity index (χ0n) is 10.6. The van der Waals surface area contributed by atoms with E-state index in [1.165, 1.54) is 12.1 Å². The van der Waals surface area contributed by atoms with Crippen LogP contribution >= 0.6 is 27.5 Å². The van der Waals surface area contributed by atoms with Gasteiger partial charge < -0.3 is 10.8 Å². The molecule has 5 heteroatoms. The summed E-state index contributed by atoms with van der Waals surface area (Å²) in [6, 6.07) is 11.8. The lowest BCUT2D eigenvalue weighted by atomic mass is 9.89. The van der Waals surface area contributed by atoms with Gasteiger partial charge in [-0.3, -0.25) is 0 Å². The molecule has 106 valence electrons. The summed E-state index contributed by atoms with van der Waals surface area (Å²) in [6.45, 7) is 0.257. The van der Waals surface area contributed by atoms with Crippen molar-refractivity contribution < 1.29 is 9.50 Å². The Morgan fingerprint density at radius 1 is 1.15 bits per heavy atom. The summed E-state index contributed by atoms with van der Waals surface area (Å²) in [7, 11) is 0. The van der Waals surface area contributed by atoms with E-state index >= 15 is 0 Å². The minimum absolute atomic E-state index is 0.0360. The number of aliphatic hydroxyl groups is 1. The maximum Gasteiger partial charge on any atom is 0.142 e. The highest BCUT2D eigenvalue weighted by Crippen LogP contribution is 2.32. The molecule has 2 atom stereocenters. The van der Waals surface area contributed by atoms with Crippen LogP contribution in [0, 0.1) is 5.82 Å². The molecule has 2 unspecified atom stereocenters. The topological polar surface area (TPSA) is 46.2 Å². The monoisotopic (exact) mass is 357 g/mol. The van der Waals surface area contributed by atoms with Crippen LogP contribution in [0.5, 0.6) is 0 Å². The second kappa shape index (κ2) is 6.68. The van der Waals surface area contributed by atoms with Crippen LogP contribution < -0.4 is 5.73 Å². The quantitative estimate of drug-likeness (QED) is 0.867. The summed E-state index contributed by atoms with van der Waals surface area (Å²) in [5.74, 6) is -0.849. The van der Waals surface area contributed by atoms with E-state index in [0.29, 0.717) is 5.56 Å². The Kier molecular flexibility index (Phi) is 5.16. The minimum Gasteiger partial charge on any atom is -0.388 e. The summed E-state index contributed by atoms with van der Waals surface area (Å²) in [5, 5.41) is 10.5. The first-order valence-electron chi connectivity index (χ1n) is 6.11. The van der Waals surface area contributed by atoms with Crippen LogP contribution in [-0.2, 0) is 0 Å². The summed E-state index contributed by atoms with van der Waals surface area (Å²) in [6.07, 6.45) is -0.882. The van der Waals surface area contributed by atoms with E-state index in [1.807, 2.05) is 24.3 Å². The average Bonchev–Trinajstić information content (AvgIpc) is 2.44. The predicted molar refractivity (Wildman–Crippen MR) is 82.3 cm³/mol. The largest absolute Gasteiger partial charge is 0.388 e. The number of hydrogen-bond acceptors (Lipinski definition) is 2. The molecule has 0 radical (unpaired) electrons. The van der Waals surface area contributed by atoms with Crippen molar-refractivity contribution in [3.8, 4) is 0 Å². The Hall–Kier alpha value is -0.940. The van der Waals surface area contributed by atoms with Crippen molar-refractivity contribution in [2.24, 2.45) is 5.73 Å². The molecule has 0 saturated heterocycles. The summed E-state index contributed by atoms with van der Waals surface area (Å²) in [5.41, 5.74) is 7.12. The molecule has 0 aliphatic rings. The Bertz CT molecular complexity index is 591. The Morgan fingerprint density at radius 3 is 2.30 bits per heavy atom. The molecule has 2 nitrogen and oxygen atoms in total. The Labute approximate surface area is 130 Å². The van der Waals surface area contributed by atoms with Crippen molar-refractivity contribution in [3.05, 3.63) is 68.9 Å². The van der Waals surface area contributed by atoms with Gasteiger partial charge in [-0.2, -0.15) is 0 Å². The Balaban J connectivity index is 2.30. The molecule has 0 aliphatic heterocycles. The lowest BCUT2D eigenvalue weighted by Crippen LogP contribution is -2.20. The standard InChI is InChI=1S/C15H14BrClFNO/c16-11-4-1-9(2-5-11)12(8-19)15(20)10-3-6-13(17)14(18)7-10/h1-7,12,15,20H,8,19H2. The van der Waals surface area contributed by atoms with Gasteiger partial charge in [0.25, 0.3) is 0 Å². The molecule has 0 aromatic heterocycles. The van der Waals surface area contributed by atoms with E-state index in [2.05, 4.69) is 15.9 Å². The average molecular weight is 359 g/mol. The number of halogens is 3. The molecule has 0 saturated carbocycles. The summed E-state index contributed by atoms with van der Waals surface area (Å²) >= 11 is 9.00. The van der Waals surface area contributed by atoms with Gasteiger partial charge in [0.15, 0.2) is 0 Å². The molecule has 0 spiro atoms. The van der Waals surface area contributed by atoms with Crippen LogP contribution in [0.25, 0.3) is 0 Å². The van der Waals surface area contributed by atoms with Gasteiger partial charge in [-0.25, -0.2) is 4.39 Å². The molecule has 2 rings (SSSR count). The van der Waals surface area contributed by atoms with Crippen molar-refractivity contribution >= 4 is 27.5 Å². The van der Waals surface area contributed by atoms with Gasteiger partial charge in [0.05, 0.1) is 11.1 Å². The lowest BCUT2D eigenvalue weighted by Gasteiger charge is -2.22. The van der Waals surface area contributed by atoms with Gasteiger partial charge in [0, 0.05) is 16.9 Å². The first-order valence-corrected chi connectivity index (χ1v) is 7.28. The molecular formula is C15H14BrClFNO. The normalized spacial score (nSPS) is 14.1. The zero-order valence-corrected chi connectivity index (χ0v) is 12.9. The minimum atomic E-state index is -0.882. The van der Waals surface area contributed by atoms with E-state index < -0.39 is 11.9 Å². The molecule has 0 fully saturated rings. The van der Waals surface area contributed by atoms with E-state index in [-0.39, 0.29) is 17.5 Å². The maximum atomic E-state index is 13.5. The second-order valence-corrected chi connectivity index (χ2v) is 5.84. The third-order valence-corrected chi connectivity index (χ3v) is 4.05. The molecule has 0 bridgehead atoms. The molecule has 2 aromatic carbocycles. The number of hydrogen-bond donors (Lipinski definition) is 2. The highest BCUT2D eigenvalue weighted by molar-refractivity contribution is 9.10. The molecular weight excluding hydrogens is 345 g/mol. The third-order valence-electron chi connectivity index (χ3n) is 3.22. The number of nitrogens with two attached hydrogens (primary N) is 1. The fraction of sp³-hybridized carbons (Fsp3) is 0.200. The highest BCUT2D eigenvalue weighted by atomic mass is 79.9. The van der Waals surface area contributed by atoms with Crippen LogP contribution in [0.15, 0.2) is 46.9 Å². The molecule has 0 heterocycles. The molecule has 0 amide bonds. The molecule has 20 heavy (non-hydrogen) atoms. The van der Waals surface area contributed by atoms with E-state index in [1.54, 1.807) is 6.07 Å². The smallest absolute Gasteiger partial charge is 0.142 e. The van der Waals surface area contributed by atoms with Crippen molar-refractivity contribution in [1.29, 1.82) is 0 Å². The van der Waals surface area contributed by atoms with Crippen LogP contribution in [0.1, 0.15) is 23.1 Å². The van der Waals surface area contributed by atoms with Crippen LogP contribution in [-0.4, -0.2) is 11.7 Å². The summed E-state index contributed by atoms with van der Waals surface area (Å²) < 4.78 is 14.4. The van der Waals surface area contributed by atoms with Crippen molar-refractivity contribution in [3.63, 3.8) is 0 Å². The maximum absolute atomic E-state index is 13.5. The number of aliphatic hydroxyl groups excluding tert-OH is 1. The first-order chi connectivity index (χ1) is 9.52. The Morgan fingerprint density at radius 2 is 1.75 bits per heavy atom. The molecule has 0 aliphatic carbocycles. The fourth-order valence-corrected chi connectivity index (χ4v) is 2.47. The van der Waals surface area contributed by atoms with Gasteiger partial charge >= 0.3 is 0 Å². The van der Waals surface area contributed by atoms with Crippen molar-refractivity contribution in [2.75, 3.05) is 6.54 Å².